The number of amides is 2. The second-order valence-electron chi connectivity index (χ2n) is 4.55. The zero-order valence-electron chi connectivity index (χ0n) is 12.5. The smallest absolute Gasteiger partial charge is 0.247 e. The molecule has 0 aliphatic rings. The number of aromatic nitrogens is 3. The number of carbonyl (C=O) groups excluding carboxylic acids is 2. The van der Waals surface area contributed by atoms with Gasteiger partial charge in [0.1, 0.15) is 5.01 Å². The summed E-state index contributed by atoms with van der Waals surface area (Å²) in [6.45, 7) is 1.92. The average Bonchev–Trinajstić information content (AvgIpc) is 2.95. The van der Waals surface area contributed by atoms with E-state index in [9.17, 15) is 9.59 Å². The van der Waals surface area contributed by atoms with Crippen LogP contribution in [0.5, 0.6) is 0 Å². The summed E-state index contributed by atoms with van der Waals surface area (Å²) in [6.07, 6.45) is 6.04. The van der Waals surface area contributed by atoms with E-state index in [1.54, 1.807) is 24.5 Å². The van der Waals surface area contributed by atoms with Crippen LogP contribution in [-0.2, 0) is 16.0 Å². The predicted octanol–water partition coefficient (Wildman–Crippen LogP) is 1.36. The molecule has 2 heterocycles. The topological polar surface area (TPSA) is 109 Å². The van der Waals surface area contributed by atoms with Crippen molar-refractivity contribution in [2.75, 3.05) is 5.32 Å². The number of hydrogen-bond donors (Lipinski definition) is 2. The maximum atomic E-state index is 11.8. The highest BCUT2D eigenvalue weighted by atomic mass is 32.1. The molecule has 0 atom stereocenters. The Morgan fingerprint density at radius 3 is 2.78 bits per heavy atom. The molecule has 2 N–H and O–H groups in total. The van der Waals surface area contributed by atoms with E-state index in [2.05, 4.69) is 31.0 Å². The zero-order chi connectivity index (χ0) is 16.5. The Kier molecular flexibility index (Phi) is 6.30. The third-order valence-corrected chi connectivity index (χ3v) is 3.45. The average molecular weight is 332 g/mol. The van der Waals surface area contributed by atoms with Crippen molar-refractivity contribution in [3.8, 4) is 0 Å². The van der Waals surface area contributed by atoms with Gasteiger partial charge in [-0.05, 0) is 24.1 Å². The second kappa shape index (κ2) is 8.69. The molecule has 23 heavy (non-hydrogen) atoms. The number of hydrazone groups is 1. The van der Waals surface area contributed by atoms with Gasteiger partial charge in [-0.2, -0.15) is 5.10 Å². The molecule has 0 fully saturated rings. The molecule has 0 aliphatic heterocycles. The number of nitrogens with zero attached hydrogens (tertiary/aromatic N) is 4. The number of rotatable bonds is 7. The molecule has 0 spiro atoms. The Labute approximate surface area is 137 Å². The van der Waals surface area contributed by atoms with Crippen LogP contribution in [0.3, 0.4) is 0 Å². The molecular formula is C14H16N6O2S. The zero-order valence-corrected chi connectivity index (χ0v) is 13.3. The summed E-state index contributed by atoms with van der Waals surface area (Å²) in [6, 6.07) is 3.54. The van der Waals surface area contributed by atoms with Gasteiger partial charge in [0.05, 0.1) is 12.6 Å². The lowest BCUT2D eigenvalue weighted by molar-refractivity contribution is -0.120. The normalized spacial score (nSPS) is 10.7. The van der Waals surface area contributed by atoms with Crippen molar-refractivity contribution in [3.63, 3.8) is 0 Å². The van der Waals surface area contributed by atoms with Gasteiger partial charge in [-0.25, -0.2) is 5.43 Å². The van der Waals surface area contributed by atoms with Crippen molar-refractivity contribution < 1.29 is 9.59 Å². The summed E-state index contributed by atoms with van der Waals surface area (Å²) in [5, 5.41) is 15.1. The van der Waals surface area contributed by atoms with E-state index in [0.29, 0.717) is 16.6 Å². The molecular weight excluding hydrogens is 316 g/mol. The Bertz CT molecular complexity index is 686. The van der Waals surface area contributed by atoms with Crippen LogP contribution in [0, 0.1) is 0 Å². The van der Waals surface area contributed by atoms with Gasteiger partial charge in [-0.1, -0.05) is 18.3 Å². The quantitative estimate of drug-likeness (QED) is 0.588. The number of nitrogens with one attached hydrogen (secondary N) is 2. The van der Waals surface area contributed by atoms with E-state index in [1.807, 2.05) is 6.92 Å². The van der Waals surface area contributed by atoms with Gasteiger partial charge in [0.15, 0.2) is 0 Å². The minimum atomic E-state index is -0.308. The fourth-order valence-corrected chi connectivity index (χ4v) is 2.34. The Morgan fingerprint density at radius 1 is 1.26 bits per heavy atom. The molecule has 8 nitrogen and oxygen atoms in total. The van der Waals surface area contributed by atoms with E-state index in [1.165, 1.54) is 17.6 Å². The monoisotopic (exact) mass is 332 g/mol. The summed E-state index contributed by atoms with van der Waals surface area (Å²) in [4.78, 5) is 27.1. The Balaban J connectivity index is 1.80. The fourth-order valence-electron chi connectivity index (χ4n) is 1.59. The van der Waals surface area contributed by atoms with Crippen LogP contribution >= 0.6 is 11.3 Å². The highest BCUT2D eigenvalue weighted by molar-refractivity contribution is 7.15. The van der Waals surface area contributed by atoms with Gasteiger partial charge < -0.3 is 5.32 Å². The number of hydrogen-bond acceptors (Lipinski definition) is 7. The van der Waals surface area contributed by atoms with E-state index in [0.717, 1.165) is 12.0 Å². The first-order valence-electron chi connectivity index (χ1n) is 7.01. The fraction of sp³-hybridized carbons (Fsp3) is 0.286. The lowest BCUT2D eigenvalue weighted by Gasteiger charge is -1.97. The number of anilines is 1. The van der Waals surface area contributed by atoms with Gasteiger partial charge in [-0.3, -0.25) is 14.6 Å². The lowest BCUT2D eigenvalue weighted by atomic mass is 10.3. The van der Waals surface area contributed by atoms with Crippen LogP contribution in [0.25, 0.3) is 0 Å². The van der Waals surface area contributed by atoms with Crippen LogP contribution in [0.2, 0.25) is 0 Å². The summed E-state index contributed by atoms with van der Waals surface area (Å²) in [7, 11) is 0. The van der Waals surface area contributed by atoms with E-state index in [4.69, 9.17) is 0 Å². The van der Waals surface area contributed by atoms with E-state index < -0.39 is 0 Å². The van der Waals surface area contributed by atoms with Crippen molar-refractivity contribution in [3.05, 3.63) is 35.1 Å². The van der Waals surface area contributed by atoms with Gasteiger partial charge in [0, 0.05) is 18.8 Å². The predicted molar refractivity (Wildman–Crippen MR) is 87.1 cm³/mol. The molecule has 0 unspecified atom stereocenters. The minimum absolute atomic E-state index is 0.0506. The summed E-state index contributed by atoms with van der Waals surface area (Å²) < 4.78 is 0. The lowest BCUT2D eigenvalue weighted by Crippen LogP contribution is -2.19. The van der Waals surface area contributed by atoms with Gasteiger partial charge >= 0.3 is 0 Å². The molecule has 9 heteroatoms. The van der Waals surface area contributed by atoms with Crippen LogP contribution in [0.15, 0.2) is 29.6 Å². The molecule has 0 bridgehead atoms. The molecule has 0 saturated carbocycles. The minimum Gasteiger partial charge on any atom is -0.301 e. The van der Waals surface area contributed by atoms with Gasteiger partial charge in [0.25, 0.3) is 0 Å². The van der Waals surface area contributed by atoms with Crippen molar-refractivity contribution in [2.45, 2.75) is 26.2 Å². The molecule has 2 rings (SSSR count). The first kappa shape index (κ1) is 16.7. The third kappa shape index (κ3) is 5.91. The van der Waals surface area contributed by atoms with Crippen molar-refractivity contribution in [1.29, 1.82) is 0 Å². The maximum Gasteiger partial charge on any atom is 0.247 e. The van der Waals surface area contributed by atoms with Crippen molar-refractivity contribution in [2.24, 2.45) is 5.10 Å². The molecule has 0 radical (unpaired) electrons. The molecule has 2 amide bonds. The molecule has 0 aromatic carbocycles. The third-order valence-electron chi connectivity index (χ3n) is 2.61. The molecule has 120 valence electrons. The van der Waals surface area contributed by atoms with E-state index >= 15 is 0 Å². The van der Waals surface area contributed by atoms with Crippen LogP contribution in [0.1, 0.15) is 30.3 Å². The van der Waals surface area contributed by atoms with Gasteiger partial charge in [-0.15, -0.1) is 10.2 Å². The van der Waals surface area contributed by atoms with Crippen molar-refractivity contribution >= 4 is 34.5 Å². The molecule has 0 saturated heterocycles. The summed E-state index contributed by atoms with van der Waals surface area (Å²) >= 11 is 1.17. The Morgan fingerprint density at radius 2 is 2.04 bits per heavy atom. The Hall–Kier alpha value is -2.68. The SMILES string of the molecule is CCCC(=O)Nc1nnc(CC(=O)N/N=C\c2ccncc2)s1. The largest absolute Gasteiger partial charge is 0.301 e. The maximum absolute atomic E-state index is 11.8. The van der Waals surface area contributed by atoms with Crippen LogP contribution in [-0.4, -0.2) is 33.2 Å². The first-order valence-corrected chi connectivity index (χ1v) is 7.83. The second-order valence-corrected chi connectivity index (χ2v) is 5.61. The first-order chi connectivity index (χ1) is 11.2. The molecule has 2 aromatic rings. The number of pyridine rings is 1. The van der Waals surface area contributed by atoms with E-state index in [-0.39, 0.29) is 18.2 Å². The number of carbonyl (C=O) groups is 2. The molecule has 2 aromatic heterocycles. The highest BCUT2D eigenvalue weighted by Gasteiger charge is 2.10. The van der Waals surface area contributed by atoms with Crippen molar-refractivity contribution in [1.82, 2.24) is 20.6 Å². The van der Waals surface area contributed by atoms with Gasteiger partial charge in [0.2, 0.25) is 16.9 Å². The standard InChI is InChI=1S/C14H16N6O2S/c1-2-3-11(21)17-14-20-19-13(23-14)8-12(22)18-16-9-10-4-6-15-7-5-10/h4-7,9H,2-3,8H2,1H3,(H,18,22)(H,17,20,21)/b16-9-. The molecule has 0 aliphatic carbocycles. The highest BCUT2D eigenvalue weighted by Crippen LogP contribution is 2.15. The van der Waals surface area contributed by atoms with Crippen LogP contribution in [0.4, 0.5) is 5.13 Å². The van der Waals surface area contributed by atoms with Crippen LogP contribution < -0.4 is 10.7 Å². The summed E-state index contributed by atoms with van der Waals surface area (Å²) in [5.74, 6) is -0.417. The summed E-state index contributed by atoms with van der Waals surface area (Å²) in [5.41, 5.74) is 3.24.